The number of amides is 1. The third-order valence-electron chi connectivity index (χ3n) is 4.08. The molecule has 0 aromatic heterocycles. The van der Waals surface area contributed by atoms with Crippen LogP contribution >= 0.6 is 0 Å². The summed E-state index contributed by atoms with van der Waals surface area (Å²) in [5.74, 6) is 1.54. The zero-order valence-electron chi connectivity index (χ0n) is 15.7. The smallest absolute Gasteiger partial charge is 0.253 e. The molecule has 0 heterocycles. The number of hydrogen-bond acceptors (Lipinski definition) is 2. The Kier molecular flexibility index (Phi) is 8.90. The quantitative estimate of drug-likeness (QED) is 0.568. The predicted molar refractivity (Wildman–Crippen MR) is 101 cm³/mol. The topological polar surface area (TPSA) is 56.7 Å². The van der Waals surface area contributed by atoms with E-state index in [0.29, 0.717) is 18.0 Å². The van der Waals surface area contributed by atoms with Gasteiger partial charge in [-0.15, -0.1) is 0 Å². The van der Waals surface area contributed by atoms with Crippen molar-refractivity contribution in [1.82, 2.24) is 15.5 Å². The normalized spacial score (nSPS) is 11.5. The van der Waals surface area contributed by atoms with Gasteiger partial charge in [-0.25, -0.2) is 4.99 Å². The number of rotatable bonds is 8. The Morgan fingerprint density at radius 2 is 1.71 bits per heavy atom. The fraction of sp³-hybridized carbons (Fsp3) is 0.579. The second-order valence-electron chi connectivity index (χ2n) is 6.16. The van der Waals surface area contributed by atoms with E-state index in [2.05, 4.69) is 36.4 Å². The highest BCUT2D eigenvalue weighted by Gasteiger charge is 2.07. The molecule has 134 valence electrons. The second kappa shape index (κ2) is 10.7. The van der Waals surface area contributed by atoms with Crippen LogP contribution in [0.15, 0.2) is 29.3 Å². The van der Waals surface area contributed by atoms with E-state index in [0.717, 1.165) is 24.6 Å². The van der Waals surface area contributed by atoms with E-state index in [-0.39, 0.29) is 5.91 Å². The zero-order valence-corrected chi connectivity index (χ0v) is 15.7. The van der Waals surface area contributed by atoms with Crippen molar-refractivity contribution in [2.45, 2.75) is 40.2 Å². The fourth-order valence-electron chi connectivity index (χ4n) is 2.34. The lowest BCUT2D eigenvalue weighted by Crippen LogP contribution is -2.39. The predicted octanol–water partition coefficient (Wildman–Crippen LogP) is 2.88. The minimum atomic E-state index is 0.0187. The number of aliphatic imine (C=N–C) groups is 1. The molecule has 0 bridgehead atoms. The second-order valence-corrected chi connectivity index (χ2v) is 6.16. The van der Waals surface area contributed by atoms with Crippen LogP contribution in [0.4, 0.5) is 0 Å². The molecule has 1 rings (SSSR count). The number of carbonyl (C=O) groups is 1. The fourth-order valence-corrected chi connectivity index (χ4v) is 2.34. The summed E-state index contributed by atoms with van der Waals surface area (Å²) in [5, 5.41) is 6.69. The van der Waals surface area contributed by atoms with Crippen LogP contribution in [0.1, 0.15) is 49.5 Å². The van der Waals surface area contributed by atoms with E-state index in [4.69, 9.17) is 0 Å². The van der Waals surface area contributed by atoms with Crippen LogP contribution < -0.4 is 10.6 Å². The lowest BCUT2D eigenvalue weighted by molar-refractivity contribution is 0.0827. The van der Waals surface area contributed by atoms with Gasteiger partial charge in [-0.05, 0) is 30.5 Å². The number of hydrogen-bond donors (Lipinski definition) is 2. The molecule has 1 aromatic carbocycles. The van der Waals surface area contributed by atoms with Crippen LogP contribution in [0.5, 0.6) is 0 Å². The molecule has 0 aliphatic heterocycles. The molecule has 0 spiro atoms. The summed E-state index contributed by atoms with van der Waals surface area (Å²) in [5.41, 5.74) is 1.79. The number of benzene rings is 1. The standard InChI is InChI=1S/C19H32N4O/c1-6-15(7-2)13-21-19(20-8-3)22-14-16-9-11-17(12-10-16)18(24)23(4)5/h9-12,15H,6-8,13-14H2,1-5H3,(H2,20,21,22). The Balaban J connectivity index is 2.66. The van der Waals surface area contributed by atoms with Crippen LogP contribution in [0.2, 0.25) is 0 Å². The average molecular weight is 332 g/mol. The Morgan fingerprint density at radius 1 is 1.08 bits per heavy atom. The van der Waals surface area contributed by atoms with Gasteiger partial charge in [0.25, 0.3) is 5.91 Å². The van der Waals surface area contributed by atoms with E-state index >= 15 is 0 Å². The molecule has 0 aliphatic rings. The molecule has 0 aliphatic carbocycles. The van der Waals surface area contributed by atoms with Gasteiger partial charge in [0.15, 0.2) is 5.96 Å². The monoisotopic (exact) mass is 332 g/mol. The third-order valence-corrected chi connectivity index (χ3v) is 4.08. The third kappa shape index (κ3) is 6.60. The van der Waals surface area contributed by atoms with Crippen LogP contribution in [-0.2, 0) is 6.54 Å². The van der Waals surface area contributed by atoms with E-state index in [1.165, 1.54) is 12.8 Å². The molecule has 0 unspecified atom stereocenters. The van der Waals surface area contributed by atoms with Crippen molar-refractivity contribution in [3.8, 4) is 0 Å². The van der Waals surface area contributed by atoms with Crippen molar-refractivity contribution in [1.29, 1.82) is 0 Å². The molecule has 1 amide bonds. The van der Waals surface area contributed by atoms with E-state index < -0.39 is 0 Å². The first kappa shape index (κ1) is 20.0. The van der Waals surface area contributed by atoms with Crippen molar-refractivity contribution in [2.75, 3.05) is 27.2 Å². The number of guanidine groups is 1. The summed E-state index contributed by atoms with van der Waals surface area (Å²) in [7, 11) is 3.52. The highest BCUT2D eigenvalue weighted by Crippen LogP contribution is 2.08. The van der Waals surface area contributed by atoms with Crippen LogP contribution in [-0.4, -0.2) is 44.0 Å². The van der Waals surface area contributed by atoms with Crippen molar-refractivity contribution in [3.05, 3.63) is 35.4 Å². The minimum absolute atomic E-state index is 0.0187. The van der Waals surface area contributed by atoms with Crippen molar-refractivity contribution in [2.24, 2.45) is 10.9 Å². The minimum Gasteiger partial charge on any atom is -0.357 e. The van der Waals surface area contributed by atoms with Gasteiger partial charge in [0.05, 0.1) is 6.54 Å². The molecule has 0 saturated carbocycles. The Morgan fingerprint density at radius 3 is 2.21 bits per heavy atom. The average Bonchev–Trinajstić information content (AvgIpc) is 2.60. The summed E-state index contributed by atoms with van der Waals surface area (Å²) in [6.45, 7) is 8.87. The summed E-state index contributed by atoms with van der Waals surface area (Å²) >= 11 is 0. The zero-order chi connectivity index (χ0) is 17.9. The Hall–Kier alpha value is -2.04. The first-order valence-electron chi connectivity index (χ1n) is 8.84. The van der Waals surface area contributed by atoms with Crippen LogP contribution in [0.25, 0.3) is 0 Å². The van der Waals surface area contributed by atoms with Gasteiger partial charge in [-0.2, -0.15) is 0 Å². The maximum atomic E-state index is 11.9. The van der Waals surface area contributed by atoms with E-state index in [1.807, 2.05) is 24.3 Å². The molecule has 0 saturated heterocycles. The highest BCUT2D eigenvalue weighted by molar-refractivity contribution is 5.93. The molecular formula is C19H32N4O. The SMILES string of the molecule is CCNC(=NCc1ccc(C(=O)N(C)C)cc1)NCC(CC)CC. The van der Waals surface area contributed by atoms with Crippen molar-refractivity contribution in [3.63, 3.8) is 0 Å². The summed E-state index contributed by atoms with van der Waals surface area (Å²) < 4.78 is 0. The van der Waals surface area contributed by atoms with Gasteiger partial charge >= 0.3 is 0 Å². The largest absolute Gasteiger partial charge is 0.357 e. The maximum Gasteiger partial charge on any atom is 0.253 e. The molecule has 1 aromatic rings. The van der Waals surface area contributed by atoms with E-state index in [1.54, 1.807) is 19.0 Å². The van der Waals surface area contributed by atoms with E-state index in [9.17, 15) is 4.79 Å². The first-order valence-corrected chi connectivity index (χ1v) is 8.84. The van der Waals surface area contributed by atoms with Gasteiger partial charge in [0.1, 0.15) is 0 Å². The summed E-state index contributed by atoms with van der Waals surface area (Å²) in [4.78, 5) is 18.1. The highest BCUT2D eigenvalue weighted by atomic mass is 16.2. The number of nitrogens with zero attached hydrogens (tertiary/aromatic N) is 2. The molecule has 5 nitrogen and oxygen atoms in total. The number of nitrogens with one attached hydrogen (secondary N) is 2. The first-order chi connectivity index (χ1) is 11.5. The lowest BCUT2D eigenvalue weighted by Gasteiger charge is -2.16. The molecule has 0 radical (unpaired) electrons. The molecule has 0 atom stereocenters. The molecular weight excluding hydrogens is 300 g/mol. The summed E-state index contributed by atoms with van der Waals surface area (Å²) in [6, 6.07) is 7.64. The van der Waals surface area contributed by atoms with Crippen LogP contribution in [0, 0.1) is 5.92 Å². The lowest BCUT2D eigenvalue weighted by atomic mass is 10.0. The van der Waals surface area contributed by atoms with Crippen molar-refractivity contribution < 1.29 is 4.79 Å². The van der Waals surface area contributed by atoms with Gasteiger partial charge in [0, 0.05) is 32.7 Å². The Labute approximate surface area is 146 Å². The van der Waals surface area contributed by atoms with Crippen LogP contribution in [0.3, 0.4) is 0 Å². The molecule has 0 fully saturated rings. The van der Waals surface area contributed by atoms with Gasteiger partial charge in [0.2, 0.25) is 0 Å². The maximum absolute atomic E-state index is 11.9. The molecule has 24 heavy (non-hydrogen) atoms. The summed E-state index contributed by atoms with van der Waals surface area (Å²) in [6.07, 6.45) is 2.34. The number of carbonyl (C=O) groups excluding carboxylic acids is 1. The van der Waals surface area contributed by atoms with Gasteiger partial charge < -0.3 is 15.5 Å². The van der Waals surface area contributed by atoms with Gasteiger partial charge in [-0.3, -0.25) is 4.79 Å². The van der Waals surface area contributed by atoms with Gasteiger partial charge in [-0.1, -0.05) is 38.8 Å². The Bertz CT molecular complexity index is 519. The molecule has 5 heteroatoms. The van der Waals surface area contributed by atoms with Crippen molar-refractivity contribution >= 4 is 11.9 Å². The molecule has 2 N–H and O–H groups in total.